The molecule has 0 fully saturated rings. The molecule has 240 valence electrons. The number of fused-ring (bicyclic) bond motifs is 9. The molecule has 1 atom stereocenters. The Morgan fingerprint density at radius 1 is 0.392 bits per heavy atom. The smallest absolute Gasteiger partial charge is 0.171 e. The lowest BCUT2D eigenvalue weighted by atomic mass is 10.0. The zero-order valence-electron chi connectivity index (χ0n) is 27.1. The fourth-order valence-corrected chi connectivity index (χ4v) is 11.2. The normalized spacial score (nSPS) is 14.9. The van der Waals surface area contributed by atoms with Gasteiger partial charge in [0.1, 0.15) is 11.7 Å². The molecule has 10 aromatic rings. The van der Waals surface area contributed by atoms with Crippen molar-refractivity contribution in [3.63, 3.8) is 0 Å². The summed E-state index contributed by atoms with van der Waals surface area (Å²) in [5, 5.41) is 11.4. The molecule has 0 spiro atoms. The summed E-state index contributed by atoms with van der Waals surface area (Å²) in [5.74, 6) is 1.67. The number of amidine groups is 2. The second kappa shape index (κ2) is 11.4. The van der Waals surface area contributed by atoms with Crippen LogP contribution in [0.1, 0.15) is 22.9 Å². The molecule has 7 aromatic carbocycles. The van der Waals surface area contributed by atoms with Crippen LogP contribution < -0.4 is 5.32 Å². The minimum absolute atomic E-state index is 0.391. The fourth-order valence-electron chi connectivity index (χ4n) is 7.52. The third kappa shape index (κ3) is 4.68. The molecule has 51 heavy (non-hydrogen) atoms. The monoisotopic (exact) mass is 705 g/mol. The molecule has 1 aliphatic heterocycles. The van der Waals surface area contributed by atoms with Crippen molar-refractivity contribution in [3.05, 3.63) is 168 Å². The molecule has 0 aliphatic carbocycles. The average Bonchev–Trinajstić information content (AvgIpc) is 3.88. The Hall–Kier alpha value is -5.66. The van der Waals surface area contributed by atoms with Gasteiger partial charge in [-0.05, 0) is 35.4 Å². The lowest BCUT2D eigenvalue weighted by Gasteiger charge is -2.22. The Balaban J connectivity index is 1.06. The molecular formula is C45H27N3S3. The van der Waals surface area contributed by atoms with Crippen molar-refractivity contribution in [2.75, 3.05) is 0 Å². The van der Waals surface area contributed by atoms with Gasteiger partial charge in [-0.1, -0.05) is 127 Å². The number of benzene rings is 7. The molecular weight excluding hydrogens is 679 g/mol. The number of nitrogens with zero attached hydrogens (tertiary/aromatic N) is 2. The lowest BCUT2D eigenvalue weighted by Crippen LogP contribution is -2.36. The van der Waals surface area contributed by atoms with E-state index < -0.39 is 6.17 Å². The number of thiophene rings is 3. The number of nitrogens with one attached hydrogen (secondary N) is 1. The summed E-state index contributed by atoms with van der Waals surface area (Å²) in [6.07, 6.45) is -0.391. The first kappa shape index (κ1) is 29.1. The van der Waals surface area contributed by atoms with Crippen molar-refractivity contribution in [1.29, 1.82) is 0 Å². The Bertz CT molecular complexity index is 3070. The van der Waals surface area contributed by atoms with E-state index in [1.165, 1.54) is 71.6 Å². The van der Waals surface area contributed by atoms with Crippen LogP contribution in [0.2, 0.25) is 0 Å². The van der Waals surface area contributed by atoms with Gasteiger partial charge in [0.25, 0.3) is 0 Å². The van der Waals surface area contributed by atoms with Crippen LogP contribution in [-0.2, 0) is 0 Å². The minimum atomic E-state index is -0.391. The standard InChI is InChI=1S/C45H27N3S3/c1-2-10-26(11-3-1)43-46-44(28-21-23-32-30-12-4-6-18-37(30)49-39(32)25-28)48-45(47-43)36-17-9-16-35-33-22-20-27(24-40(33)51-42(35)36)29-14-8-15-34-31-13-5-7-19-38(31)50-41(29)34/h1-25,45H,(H,46,47,48). The molecule has 3 aromatic heterocycles. The highest BCUT2D eigenvalue weighted by molar-refractivity contribution is 7.27. The molecule has 0 amide bonds. The SMILES string of the molecule is c1ccc(C2=NC(c3cccc4c3sc3cc(-c5cccc6c5sc5ccccc56)ccc34)N=C(c3ccc4c(c3)sc3ccccc34)N2)cc1. The van der Waals surface area contributed by atoms with Crippen molar-refractivity contribution in [3.8, 4) is 11.1 Å². The number of aliphatic imine (C=N–C) groups is 2. The molecule has 4 heterocycles. The van der Waals surface area contributed by atoms with E-state index in [9.17, 15) is 0 Å². The van der Waals surface area contributed by atoms with Crippen LogP contribution >= 0.6 is 34.0 Å². The Kier molecular flexibility index (Phi) is 6.53. The first-order valence-electron chi connectivity index (χ1n) is 17.0. The van der Waals surface area contributed by atoms with Gasteiger partial charge in [-0.3, -0.25) is 0 Å². The topological polar surface area (TPSA) is 36.8 Å². The highest BCUT2D eigenvalue weighted by Crippen LogP contribution is 2.44. The molecule has 1 aliphatic rings. The summed E-state index contributed by atoms with van der Waals surface area (Å²) in [6, 6.07) is 54.7. The summed E-state index contributed by atoms with van der Waals surface area (Å²) >= 11 is 5.56. The predicted octanol–water partition coefficient (Wildman–Crippen LogP) is 13.0. The lowest BCUT2D eigenvalue weighted by molar-refractivity contribution is 0.763. The summed E-state index contributed by atoms with van der Waals surface area (Å²) in [7, 11) is 0. The van der Waals surface area contributed by atoms with E-state index in [4.69, 9.17) is 9.98 Å². The van der Waals surface area contributed by atoms with Crippen LogP contribution in [0, 0.1) is 0 Å². The van der Waals surface area contributed by atoms with Gasteiger partial charge in [0, 0.05) is 77.2 Å². The van der Waals surface area contributed by atoms with E-state index in [1.54, 1.807) is 0 Å². The molecule has 11 rings (SSSR count). The van der Waals surface area contributed by atoms with Crippen molar-refractivity contribution >= 4 is 106 Å². The van der Waals surface area contributed by atoms with E-state index >= 15 is 0 Å². The summed E-state index contributed by atoms with van der Waals surface area (Å²) < 4.78 is 7.73. The van der Waals surface area contributed by atoms with E-state index in [1.807, 2.05) is 40.1 Å². The molecule has 0 saturated heterocycles. The van der Waals surface area contributed by atoms with Crippen molar-refractivity contribution in [2.45, 2.75) is 6.17 Å². The number of hydrogen-bond donors (Lipinski definition) is 1. The fraction of sp³-hybridized carbons (Fsp3) is 0.0222. The second-order valence-electron chi connectivity index (χ2n) is 12.9. The van der Waals surface area contributed by atoms with Gasteiger partial charge in [-0.2, -0.15) is 0 Å². The van der Waals surface area contributed by atoms with Crippen LogP contribution in [0.3, 0.4) is 0 Å². The van der Waals surface area contributed by atoms with E-state index in [0.29, 0.717) is 0 Å². The van der Waals surface area contributed by atoms with Crippen LogP contribution in [-0.4, -0.2) is 11.7 Å². The maximum Gasteiger partial charge on any atom is 0.171 e. The number of hydrogen-bond acceptors (Lipinski definition) is 6. The summed E-state index contributed by atoms with van der Waals surface area (Å²) in [5.41, 5.74) is 5.76. The highest BCUT2D eigenvalue weighted by Gasteiger charge is 2.24. The molecule has 6 heteroatoms. The first-order valence-corrected chi connectivity index (χ1v) is 19.5. The van der Waals surface area contributed by atoms with Gasteiger partial charge >= 0.3 is 0 Å². The third-order valence-electron chi connectivity index (χ3n) is 9.96. The van der Waals surface area contributed by atoms with Gasteiger partial charge in [0.05, 0.1) is 0 Å². The van der Waals surface area contributed by atoms with Gasteiger partial charge in [0.15, 0.2) is 6.17 Å². The zero-order chi connectivity index (χ0) is 33.5. The van der Waals surface area contributed by atoms with Crippen LogP contribution in [0.25, 0.3) is 71.6 Å². The summed E-state index contributed by atoms with van der Waals surface area (Å²) in [4.78, 5) is 10.6. The number of rotatable bonds is 4. The van der Waals surface area contributed by atoms with Crippen LogP contribution in [0.4, 0.5) is 0 Å². The van der Waals surface area contributed by atoms with Gasteiger partial charge < -0.3 is 5.32 Å². The van der Waals surface area contributed by atoms with Crippen molar-refractivity contribution in [1.82, 2.24) is 5.32 Å². The Morgan fingerprint density at radius 2 is 0.941 bits per heavy atom. The van der Waals surface area contributed by atoms with Gasteiger partial charge in [-0.25, -0.2) is 9.98 Å². The molecule has 0 saturated carbocycles. The van der Waals surface area contributed by atoms with E-state index in [-0.39, 0.29) is 0 Å². The second-order valence-corrected chi connectivity index (χ2v) is 16.1. The quantitative estimate of drug-likeness (QED) is 0.194. The maximum atomic E-state index is 5.33. The predicted molar refractivity (Wildman–Crippen MR) is 222 cm³/mol. The molecule has 0 bridgehead atoms. The summed E-state index contributed by atoms with van der Waals surface area (Å²) in [6.45, 7) is 0. The highest BCUT2D eigenvalue weighted by atomic mass is 32.1. The van der Waals surface area contributed by atoms with Crippen LogP contribution in [0.5, 0.6) is 0 Å². The third-order valence-corrected chi connectivity index (χ3v) is 13.5. The van der Waals surface area contributed by atoms with Gasteiger partial charge in [-0.15, -0.1) is 34.0 Å². The Labute approximate surface area is 305 Å². The average molecular weight is 706 g/mol. The van der Waals surface area contributed by atoms with E-state index in [0.717, 1.165) is 28.4 Å². The Morgan fingerprint density at radius 3 is 1.76 bits per heavy atom. The van der Waals surface area contributed by atoms with Gasteiger partial charge in [0.2, 0.25) is 0 Å². The molecule has 1 N–H and O–H groups in total. The minimum Gasteiger partial charge on any atom is -0.324 e. The first-order chi connectivity index (χ1) is 25.2. The van der Waals surface area contributed by atoms with Crippen LogP contribution in [0.15, 0.2) is 162 Å². The largest absolute Gasteiger partial charge is 0.324 e. The molecule has 1 unspecified atom stereocenters. The molecule has 0 radical (unpaired) electrons. The van der Waals surface area contributed by atoms with Crippen molar-refractivity contribution in [2.24, 2.45) is 9.98 Å². The van der Waals surface area contributed by atoms with E-state index in [2.05, 4.69) is 151 Å². The molecule has 3 nitrogen and oxygen atoms in total. The van der Waals surface area contributed by atoms with Crippen molar-refractivity contribution < 1.29 is 0 Å². The maximum absolute atomic E-state index is 5.33. The zero-order valence-corrected chi connectivity index (χ0v) is 29.6.